The number of benzene rings is 1. The maximum atomic E-state index is 12.8. The minimum absolute atomic E-state index is 0.534. The number of carboxylic acids is 1. The molecule has 7 heteroatoms. The van der Waals surface area contributed by atoms with Gasteiger partial charge in [0.2, 0.25) is 0 Å². The van der Waals surface area contributed by atoms with Crippen molar-refractivity contribution in [1.82, 2.24) is 0 Å². The van der Waals surface area contributed by atoms with Gasteiger partial charge in [0.15, 0.2) is 15.1 Å². The van der Waals surface area contributed by atoms with Crippen LogP contribution in [-0.4, -0.2) is 29.3 Å². The number of sulfone groups is 1. The Morgan fingerprint density at radius 1 is 1.19 bits per heavy atom. The van der Waals surface area contributed by atoms with Gasteiger partial charge in [0.05, 0.1) is 4.58 Å². The third kappa shape index (κ3) is 2.54. The number of carbonyl (C=O) groups is 1. The van der Waals surface area contributed by atoms with Crippen molar-refractivity contribution < 1.29 is 18.3 Å². The first-order chi connectivity index (χ1) is 10.0. The van der Waals surface area contributed by atoms with E-state index in [1.807, 2.05) is 12.1 Å². The number of aliphatic carboxylic acids is 1. The normalized spacial score (nSPS) is 22.4. The fourth-order valence-electron chi connectivity index (χ4n) is 2.47. The minimum atomic E-state index is -3.86. The smallest absolute Gasteiger partial charge is 0.324 e. The molecule has 0 spiro atoms. The molecule has 0 aromatic heterocycles. The molecule has 1 aromatic rings. The molecule has 2 aliphatic rings. The fourth-order valence-corrected chi connectivity index (χ4v) is 7.54. The molecule has 0 fully saturated rings. The van der Waals surface area contributed by atoms with Crippen LogP contribution in [0.1, 0.15) is 16.4 Å². The first kappa shape index (κ1) is 14.7. The van der Waals surface area contributed by atoms with E-state index in [0.717, 1.165) is 5.56 Å². The molecule has 0 radical (unpaired) electrons. The second-order valence-electron chi connectivity index (χ2n) is 4.67. The summed E-state index contributed by atoms with van der Waals surface area (Å²) in [5.41, 5.74) is 1.49. The van der Waals surface area contributed by atoms with Gasteiger partial charge in [-0.2, -0.15) is 0 Å². The van der Waals surface area contributed by atoms with Crippen molar-refractivity contribution in [3.8, 4) is 0 Å². The van der Waals surface area contributed by atoms with E-state index in [0.29, 0.717) is 5.56 Å². The lowest BCUT2D eigenvalue weighted by atomic mass is 10.1. The second-order valence-corrected chi connectivity index (χ2v) is 9.27. The van der Waals surface area contributed by atoms with Gasteiger partial charge in [-0.05, 0) is 21.9 Å². The van der Waals surface area contributed by atoms with Crippen molar-refractivity contribution in [3.05, 3.63) is 52.3 Å². The van der Waals surface area contributed by atoms with Crippen LogP contribution in [0.15, 0.2) is 41.2 Å². The van der Waals surface area contributed by atoms with Gasteiger partial charge in [0, 0.05) is 0 Å². The van der Waals surface area contributed by atoms with Crippen LogP contribution < -0.4 is 0 Å². The third-order valence-electron chi connectivity index (χ3n) is 3.43. The van der Waals surface area contributed by atoms with E-state index < -0.39 is 30.9 Å². The van der Waals surface area contributed by atoms with Gasteiger partial charge in [0.1, 0.15) is 5.25 Å². The van der Waals surface area contributed by atoms with Gasteiger partial charge in [-0.25, -0.2) is 8.42 Å². The molecule has 1 aliphatic heterocycles. The van der Waals surface area contributed by atoms with Crippen LogP contribution in [0.4, 0.5) is 0 Å². The summed E-state index contributed by atoms with van der Waals surface area (Å²) in [6.07, 6.45) is 3.32. The molecule has 2 unspecified atom stereocenters. The van der Waals surface area contributed by atoms with Crippen molar-refractivity contribution >= 4 is 45.4 Å². The average Bonchev–Trinajstić information content (AvgIpc) is 3.06. The quantitative estimate of drug-likeness (QED) is 0.909. The third-order valence-corrected chi connectivity index (χ3v) is 8.58. The summed E-state index contributed by atoms with van der Waals surface area (Å²) in [6.45, 7) is 0. The number of fused-ring (bicyclic) bond motifs is 1. The molecular weight excluding hydrogens is 328 g/mol. The van der Waals surface area contributed by atoms with Crippen LogP contribution >= 0.6 is 23.5 Å². The van der Waals surface area contributed by atoms with E-state index in [4.69, 9.17) is 0 Å². The summed E-state index contributed by atoms with van der Waals surface area (Å²) in [4.78, 5) is 11.5. The maximum Gasteiger partial charge on any atom is 0.324 e. The fraction of sp³-hybridized carbons (Fsp3) is 0.214. The van der Waals surface area contributed by atoms with Gasteiger partial charge < -0.3 is 5.11 Å². The first-order valence-electron chi connectivity index (χ1n) is 6.20. The minimum Gasteiger partial charge on any atom is -0.480 e. The summed E-state index contributed by atoms with van der Waals surface area (Å²) < 4.78 is 25.1. The van der Waals surface area contributed by atoms with Crippen molar-refractivity contribution in [2.45, 2.75) is 15.1 Å². The van der Waals surface area contributed by atoms with E-state index in [2.05, 4.69) is 0 Å². The Morgan fingerprint density at radius 2 is 1.86 bits per heavy atom. The van der Waals surface area contributed by atoms with Gasteiger partial charge in [-0.3, -0.25) is 4.79 Å². The molecule has 0 saturated carbocycles. The average molecular weight is 340 g/mol. The van der Waals surface area contributed by atoms with E-state index >= 15 is 0 Å². The molecule has 1 aliphatic carbocycles. The highest BCUT2D eigenvalue weighted by molar-refractivity contribution is 8.23. The monoisotopic (exact) mass is 340 g/mol. The molecule has 0 saturated heterocycles. The lowest BCUT2D eigenvalue weighted by Crippen LogP contribution is -2.39. The number of carboxylic acid groups (broad SMARTS) is 1. The number of thioether (sulfide) groups is 2. The van der Waals surface area contributed by atoms with Crippen LogP contribution in [0.25, 0.3) is 6.08 Å². The SMILES string of the molecule is O=C(O)C(C1SC=CS1)S(=O)(=O)C1C=Cc2ccccc21. The summed E-state index contributed by atoms with van der Waals surface area (Å²) >= 11 is 2.49. The molecule has 3 rings (SSSR count). The van der Waals surface area contributed by atoms with E-state index in [1.54, 1.807) is 35.1 Å². The largest absolute Gasteiger partial charge is 0.480 e. The topological polar surface area (TPSA) is 71.4 Å². The van der Waals surface area contributed by atoms with Crippen LogP contribution in [-0.2, 0) is 14.6 Å². The Bertz CT molecular complexity index is 728. The van der Waals surface area contributed by atoms with Gasteiger partial charge >= 0.3 is 5.97 Å². The van der Waals surface area contributed by atoms with Crippen LogP contribution in [0.2, 0.25) is 0 Å². The zero-order chi connectivity index (χ0) is 15.0. The first-order valence-corrected chi connectivity index (χ1v) is 9.70. The van der Waals surface area contributed by atoms with E-state index in [1.165, 1.54) is 23.5 Å². The molecule has 1 N–H and O–H groups in total. The molecule has 1 heterocycles. The number of hydrogen-bond donors (Lipinski definition) is 1. The zero-order valence-electron chi connectivity index (χ0n) is 10.7. The Kier molecular flexibility index (Phi) is 3.90. The van der Waals surface area contributed by atoms with Crippen LogP contribution in [0.5, 0.6) is 0 Å². The molecule has 0 amide bonds. The highest BCUT2D eigenvalue weighted by Gasteiger charge is 2.46. The highest BCUT2D eigenvalue weighted by atomic mass is 32.2. The molecular formula is C14H12O4S3. The molecule has 21 heavy (non-hydrogen) atoms. The zero-order valence-corrected chi connectivity index (χ0v) is 13.2. The van der Waals surface area contributed by atoms with Crippen LogP contribution in [0, 0.1) is 0 Å². The standard InChI is InChI=1S/C14H12O4S3/c15-13(16)12(14-19-7-8-20-14)21(17,18)11-6-5-9-3-1-2-4-10(9)11/h1-8,11-12,14H,(H,15,16). The Balaban J connectivity index is 2.00. The Labute approximate surface area is 131 Å². The predicted octanol–water partition coefficient (Wildman–Crippen LogP) is 2.90. The Hall–Kier alpha value is -1.18. The Morgan fingerprint density at radius 3 is 2.52 bits per heavy atom. The number of rotatable bonds is 4. The maximum absolute atomic E-state index is 12.8. The highest BCUT2D eigenvalue weighted by Crippen LogP contribution is 2.43. The summed E-state index contributed by atoms with van der Waals surface area (Å²) in [5.74, 6) is -1.29. The van der Waals surface area contributed by atoms with Gasteiger partial charge in [-0.1, -0.05) is 36.4 Å². The summed E-state index contributed by atoms with van der Waals surface area (Å²) in [7, 11) is -3.86. The lowest BCUT2D eigenvalue weighted by Gasteiger charge is -2.22. The van der Waals surface area contributed by atoms with E-state index in [9.17, 15) is 18.3 Å². The predicted molar refractivity (Wildman–Crippen MR) is 86.7 cm³/mol. The molecule has 2 atom stereocenters. The van der Waals surface area contributed by atoms with Gasteiger partial charge in [0.25, 0.3) is 0 Å². The van der Waals surface area contributed by atoms with Gasteiger partial charge in [-0.15, -0.1) is 23.5 Å². The summed E-state index contributed by atoms with van der Waals surface area (Å²) in [6, 6.07) is 7.17. The van der Waals surface area contributed by atoms with Crippen molar-refractivity contribution in [2.24, 2.45) is 0 Å². The molecule has 0 bridgehead atoms. The molecule has 4 nitrogen and oxygen atoms in total. The molecule has 110 valence electrons. The van der Waals surface area contributed by atoms with E-state index in [-0.39, 0.29) is 0 Å². The van der Waals surface area contributed by atoms with Crippen molar-refractivity contribution in [2.75, 3.05) is 0 Å². The number of hydrogen-bond acceptors (Lipinski definition) is 5. The molecule has 1 aromatic carbocycles. The lowest BCUT2D eigenvalue weighted by molar-refractivity contribution is -0.136. The van der Waals surface area contributed by atoms with Crippen molar-refractivity contribution in [3.63, 3.8) is 0 Å². The second kappa shape index (κ2) is 5.55. The van der Waals surface area contributed by atoms with Crippen LogP contribution in [0.3, 0.4) is 0 Å². The summed E-state index contributed by atoms with van der Waals surface area (Å²) in [5, 5.41) is 10.6. The van der Waals surface area contributed by atoms with Crippen molar-refractivity contribution in [1.29, 1.82) is 0 Å².